The molecule has 0 bridgehead atoms. The van der Waals surface area contributed by atoms with Crippen molar-refractivity contribution in [3.63, 3.8) is 0 Å². The number of nitrogens with zero attached hydrogens (tertiary/aromatic N) is 1. The average molecular weight is 318 g/mol. The largest absolute Gasteiger partial charge is 0.479 e. The van der Waals surface area contributed by atoms with E-state index in [1.54, 1.807) is 31.2 Å². The number of ether oxygens (including phenoxy) is 1. The van der Waals surface area contributed by atoms with Gasteiger partial charge in [-0.15, -0.1) is 6.58 Å². The number of hydrogen-bond donors (Lipinski definition) is 1. The molecule has 110 valence electrons. The number of carbonyl (C=O) groups excluding carboxylic acids is 1. The van der Waals surface area contributed by atoms with Crippen molar-refractivity contribution in [2.24, 2.45) is 0 Å². The zero-order valence-electron chi connectivity index (χ0n) is 11.2. The topological polar surface area (TPSA) is 49.8 Å². The van der Waals surface area contributed by atoms with Crippen molar-refractivity contribution in [2.75, 3.05) is 19.7 Å². The SMILES string of the molecule is C=CCN(CCO)C(=O)C(C)Oc1ccc(Cl)cc1Cl. The lowest BCUT2D eigenvalue weighted by atomic mass is 10.3. The van der Waals surface area contributed by atoms with Crippen molar-refractivity contribution < 1.29 is 14.6 Å². The van der Waals surface area contributed by atoms with Gasteiger partial charge in [0.1, 0.15) is 5.75 Å². The van der Waals surface area contributed by atoms with E-state index in [1.165, 1.54) is 4.90 Å². The third-order valence-corrected chi connectivity index (χ3v) is 3.11. The van der Waals surface area contributed by atoms with E-state index in [2.05, 4.69) is 6.58 Å². The molecule has 1 unspecified atom stereocenters. The van der Waals surface area contributed by atoms with Gasteiger partial charge >= 0.3 is 0 Å². The van der Waals surface area contributed by atoms with E-state index in [4.69, 9.17) is 33.0 Å². The summed E-state index contributed by atoms with van der Waals surface area (Å²) in [5.74, 6) is 0.143. The van der Waals surface area contributed by atoms with E-state index in [0.717, 1.165) is 0 Å². The van der Waals surface area contributed by atoms with Crippen molar-refractivity contribution >= 4 is 29.1 Å². The molecule has 0 aromatic heterocycles. The highest BCUT2D eigenvalue weighted by Gasteiger charge is 2.21. The molecule has 0 spiro atoms. The van der Waals surface area contributed by atoms with Gasteiger partial charge in [0.15, 0.2) is 6.10 Å². The first-order chi connectivity index (χ1) is 9.49. The maximum absolute atomic E-state index is 12.2. The summed E-state index contributed by atoms with van der Waals surface area (Å²) in [5, 5.41) is 9.79. The van der Waals surface area contributed by atoms with Crippen LogP contribution in [0.25, 0.3) is 0 Å². The molecule has 0 aliphatic carbocycles. The van der Waals surface area contributed by atoms with Gasteiger partial charge in [-0.2, -0.15) is 0 Å². The second-order valence-electron chi connectivity index (χ2n) is 4.13. The monoisotopic (exact) mass is 317 g/mol. The molecule has 0 radical (unpaired) electrons. The smallest absolute Gasteiger partial charge is 0.263 e. The summed E-state index contributed by atoms with van der Waals surface area (Å²) in [4.78, 5) is 13.6. The van der Waals surface area contributed by atoms with Crippen LogP contribution in [0.15, 0.2) is 30.9 Å². The molecule has 0 fully saturated rings. The fourth-order valence-electron chi connectivity index (χ4n) is 1.64. The van der Waals surface area contributed by atoms with Crippen LogP contribution >= 0.6 is 23.2 Å². The summed E-state index contributed by atoms with van der Waals surface area (Å²) in [6, 6.07) is 4.79. The minimum Gasteiger partial charge on any atom is -0.479 e. The normalized spacial score (nSPS) is 11.8. The predicted molar refractivity (Wildman–Crippen MR) is 80.4 cm³/mol. The van der Waals surface area contributed by atoms with Gasteiger partial charge in [0.25, 0.3) is 5.91 Å². The van der Waals surface area contributed by atoms with Gasteiger partial charge in [-0.05, 0) is 25.1 Å². The number of amides is 1. The molecule has 0 heterocycles. The Morgan fingerprint density at radius 3 is 2.80 bits per heavy atom. The molecule has 1 aromatic carbocycles. The molecule has 0 saturated carbocycles. The Bertz CT molecular complexity index is 479. The number of hydrogen-bond acceptors (Lipinski definition) is 3. The molecule has 6 heteroatoms. The Hall–Kier alpha value is -1.23. The molecule has 1 amide bonds. The van der Waals surface area contributed by atoms with Crippen molar-refractivity contribution in [2.45, 2.75) is 13.0 Å². The van der Waals surface area contributed by atoms with Gasteiger partial charge in [0.05, 0.1) is 11.6 Å². The third-order valence-electron chi connectivity index (χ3n) is 2.58. The van der Waals surface area contributed by atoms with Crippen LogP contribution in [0.1, 0.15) is 6.92 Å². The lowest BCUT2D eigenvalue weighted by Gasteiger charge is -2.24. The van der Waals surface area contributed by atoms with Crippen molar-refractivity contribution in [3.05, 3.63) is 40.9 Å². The van der Waals surface area contributed by atoms with Crippen LogP contribution in [0.5, 0.6) is 5.75 Å². The Labute approximate surface area is 128 Å². The summed E-state index contributed by atoms with van der Waals surface area (Å²) < 4.78 is 5.54. The fraction of sp³-hybridized carbons (Fsp3) is 0.357. The van der Waals surface area contributed by atoms with Crippen LogP contribution in [0.3, 0.4) is 0 Å². The number of halogens is 2. The molecule has 0 aliphatic rings. The molecule has 1 aromatic rings. The van der Waals surface area contributed by atoms with Gasteiger partial charge in [0.2, 0.25) is 0 Å². The summed E-state index contributed by atoms with van der Waals surface area (Å²) in [5.41, 5.74) is 0. The van der Waals surface area contributed by atoms with Gasteiger partial charge in [-0.25, -0.2) is 0 Å². The lowest BCUT2D eigenvalue weighted by Crippen LogP contribution is -2.42. The Morgan fingerprint density at radius 1 is 1.55 bits per heavy atom. The minimum absolute atomic E-state index is 0.117. The molecule has 0 saturated heterocycles. The molecule has 20 heavy (non-hydrogen) atoms. The maximum atomic E-state index is 12.2. The Balaban J connectivity index is 2.75. The average Bonchev–Trinajstić information content (AvgIpc) is 2.40. The molecule has 4 nitrogen and oxygen atoms in total. The zero-order valence-corrected chi connectivity index (χ0v) is 12.7. The quantitative estimate of drug-likeness (QED) is 0.787. The van der Waals surface area contributed by atoms with Gasteiger partial charge < -0.3 is 14.7 Å². The molecule has 0 aliphatic heterocycles. The second kappa shape index (κ2) is 8.15. The summed E-state index contributed by atoms with van der Waals surface area (Å²) in [6.45, 7) is 5.67. The highest BCUT2D eigenvalue weighted by atomic mass is 35.5. The van der Waals surface area contributed by atoms with Crippen molar-refractivity contribution in [1.29, 1.82) is 0 Å². The van der Waals surface area contributed by atoms with E-state index >= 15 is 0 Å². The van der Waals surface area contributed by atoms with Crippen LogP contribution in [0.2, 0.25) is 10.0 Å². The zero-order chi connectivity index (χ0) is 15.1. The number of aliphatic hydroxyl groups excluding tert-OH is 1. The highest BCUT2D eigenvalue weighted by Crippen LogP contribution is 2.28. The fourth-order valence-corrected chi connectivity index (χ4v) is 2.09. The first-order valence-electron chi connectivity index (χ1n) is 6.11. The number of aliphatic hydroxyl groups is 1. The minimum atomic E-state index is -0.722. The maximum Gasteiger partial charge on any atom is 0.263 e. The van der Waals surface area contributed by atoms with E-state index in [9.17, 15) is 4.79 Å². The van der Waals surface area contributed by atoms with E-state index < -0.39 is 6.10 Å². The molecule has 1 N–H and O–H groups in total. The Kier molecular flexibility index (Phi) is 6.85. The van der Waals surface area contributed by atoms with Crippen LogP contribution < -0.4 is 4.74 Å². The third kappa shape index (κ3) is 4.71. The summed E-state index contributed by atoms with van der Waals surface area (Å²) in [6.07, 6.45) is 0.871. The second-order valence-corrected chi connectivity index (χ2v) is 4.97. The number of rotatable bonds is 7. The predicted octanol–water partition coefficient (Wildman–Crippen LogP) is 2.77. The molecule has 1 rings (SSSR count). The van der Waals surface area contributed by atoms with Gasteiger partial charge in [-0.3, -0.25) is 4.79 Å². The first-order valence-corrected chi connectivity index (χ1v) is 6.87. The first kappa shape index (κ1) is 16.8. The molecule has 1 atom stereocenters. The lowest BCUT2D eigenvalue weighted by molar-refractivity contribution is -0.137. The highest BCUT2D eigenvalue weighted by molar-refractivity contribution is 6.35. The van der Waals surface area contributed by atoms with Crippen LogP contribution in [-0.2, 0) is 4.79 Å². The van der Waals surface area contributed by atoms with Crippen LogP contribution in [-0.4, -0.2) is 41.7 Å². The van der Waals surface area contributed by atoms with Crippen LogP contribution in [0.4, 0.5) is 0 Å². The van der Waals surface area contributed by atoms with E-state index in [-0.39, 0.29) is 19.1 Å². The van der Waals surface area contributed by atoms with E-state index in [0.29, 0.717) is 22.3 Å². The van der Waals surface area contributed by atoms with Crippen molar-refractivity contribution in [3.8, 4) is 5.75 Å². The van der Waals surface area contributed by atoms with E-state index in [1.807, 2.05) is 0 Å². The Morgan fingerprint density at radius 2 is 2.25 bits per heavy atom. The number of carbonyl (C=O) groups is 1. The molecular formula is C14H17Cl2NO3. The summed E-state index contributed by atoms with van der Waals surface area (Å²) >= 11 is 11.8. The van der Waals surface area contributed by atoms with Gasteiger partial charge in [-0.1, -0.05) is 29.3 Å². The standard InChI is InChI=1S/C14H17Cl2NO3/c1-3-6-17(7-8-18)14(19)10(2)20-13-5-4-11(15)9-12(13)16/h3-5,9-10,18H,1,6-8H2,2H3. The van der Waals surface area contributed by atoms with Crippen LogP contribution in [0, 0.1) is 0 Å². The van der Waals surface area contributed by atoms with Crippen molar-refractivity contribution in [1.82, 2.24) is 4.90 Å². The van der Waals surface area contributed by atoms with Gasteiger partial charge in [0, 0.05) is 18.1 Å². The summed E-state index contributed by atoms with van der Waals surface area (Å²) in [7, 11) is 0. The molecular weight excluding hydrogens is 301 g/mol. The number of benzene rings is 1.